The Morgan fingerprint density at radius 3 is 2.65 bits per heavy atom. The molecule has 0 radical (unpaired) electrons. The molecule has 2 heteroatoms. The molecule has 0 aromatic rings. The third-order valence-corrected chi connectivity index (χ3v) is 4.86. The predicted molar refractivity (Wildman–Crippen MR) is 72.2 cm³/mol. The second-order valence-electron chi connectivity index (χ2n) is 6.63. The first-order valence-electron chi connectivity index (χ1n) is 7.38. The first kappa shape index (κ1) is 13.4. The average Bonchev–Trinajstić information content (AvgIpc) is 3.13. The number of hydrogen-bond acceptors (Lipinski definition) is 2. The Kier molecular flexibility index (Phi) is 4.14. The standard InChI is InChI=1S/C15H29NO/c1-14(2,17-3)10-11-15(13-7-8-13)9-5-4-6-12-16-15/h13,16H,4-12H2,1-3H3. The van der Waals surface area contributed by atoms with E-state index in [9.17, 15) is 0 Å². The van der Waals surface area contributed by atoms with Crippen molar-refractivity contribution in [2.24, 2.45) is 5.92 Å². The lowest BCUT2D eigenvalue weighted by Gasteiger charge is -2.37. The van der Waals surface area contributed by atoms with Crippen molar-refractivity contribution in [1.29, 1.82) is 0 Å². The van der Waals surface area contributed by atoms with E-state index >= 15 is 0 Å². The summed E-state index contributed by atoms with van der Waals surface area (Å²) in [5.74, 6) is 0.952. The van der Waals surface area contributed by atoms with Gasteiger partial charge in [-0.25, -0.2) is 0 Å². The van der Waals surface area contributed by atoms with E-state index in [0.717, 1.165) is 5.92 Å². The summed E-state index contributed by atoms with van der Waals surface area (Å²) in [6.07, 6.45) is 10.9. The monoisotopic (exact) mass is 239 g/mol. The Morgan fingerprint density at radius 1 is 1.24 bits per heavy atom. The van der Waals surface area contributed by atoms with Crippen LogP contribution in [-0.2, 0) is 4.74 Å². The van der Waals surface area contributed by atoms with Gasteiger partial charge in [0, 0.05) is 12.6 Å². The maximum atomic E-state index is 5.58. The molecule has 0 aromatic carbocycles. The van der Waals surface area contributed by atoms with Gasteiger partial charge in [-0.1, -0.05) is 12.8 Å². The summed E-state index contributed by atoms with van der Waals surface area (Å²) in [5, 5.41) is 3.90. The Balaban J connectivity index is 1.96. The van der Waals surface area contributed by atoms with Crippen LogP contribution in [0.15, 0.2) is 0 Å². The van der Waals surface area contributed by atoms with Gasteiger partial charge >= 0.3 is 0 Å². The maximum absolute atomic E-state index is 5.58. The highest BCUT2D eigenvalue weighted by Crippen LogP contribution is 2.46. The minimum atomic E-state index is 0.0376. The first-order valence-corrected chi connectivity index (χ1v) is 7.38. The van der Waals surface area contributed by atoms with Crippen molar-refractivity contribution in [3.05, 3.63) is 0 Å². The summed E-state index contributed by atoms with van der Waals surface area (Å²) < 4.78 is 5.58. The topological polar surface area (TPSA) is 21.3 Å². The van der Waals surface area contributed by atoms with Crippen LogP contribution in [0.4, 0.5) is 0 Å². The van der Waals surface area contributed by atoms with E-state index in [0.29, 0.717) is 5.54 Å². The molecule has 2 aliphatic rings. The van der Waals surface area contributed by atoms with Gasteiger partial charge in [0.05, 0.1) is 5.60 Å². The first-order chi connectivity index (χ1) is 8.08. The van der Waals surface area contributed by atoms with E-state index in [1.165, 1.54) is 57.9 Å². The summed E-state index contributed by atoms with van der Waals surface area (Å²) in [6.45, 7) is 5.65. The molecule has 2 nitrogen and oxygen atoms in total. The third kappa shape index (κ3) is 3.45. The molecule has 17 heavy (non-hydrogen) atoms. The van der Waals surface area contributed by atoms with Crippen LogP contribution in [0, 0.1) is 5.92 Å². The fourth-order valence-electron chi connectivity index (χ4n) is 3.20. The molecule has 0 amide bonds. The van der Waals surface area contributed by atoms with Crippen molar-refractivity contribution < 1.29 is 4.74 Å². The fourth-order valence-corrected chi connectivity index (χ4v) is 3.20. The molecular formula is C15H29NO. The molecule has 100 valence electrons. The van der Waals surface area contributed by atoms with E-state index in [2.05, 4.69) is 19.2 Å². The Hall–Kier alpha value is -0.0800. The number of methoxy groups -OCH3 is 1. The molecule has 1 aliphatic carbocycles. The van der Waals surface area contributed by atoms with Gasteiger partial charge in [-0.2, -0.15) is 0 Å². The zero-order valence-corrected chi connectivity index (χ0v) is 11.8. The van der Waals surface area contributed by atoms with Crippen LogP contribution in [0.3, 0.4) is 0 Å². The fraction of sp³-hybridized carbons (Fsp3) is 1.00. The average molecular weight is 239 g/mol. The van der Waals surface area contributed by atoms with E-state index in [1.54, 1.807) is 0 Å². The molecule has 0 spiro atoms. The van der Waals surface area contributed by atoms with Crippen LogP contribution >= 0.6 is 0 Å². The molecule has 0 bridgehead atoms. The summed E-state index contributed by atoms with van der Waals surface area (Å²) >= 11 is 0. The second kappa shape index (κ2) is 5.27. The van der Waals surface area contributed by atoms with Gasteiger partial charge in [-0.15, -0.1) is 0 Å². The number of hydrogen-bond donors (Lipinski definition) is 1. The largest absolute Gasteiger partial charge is 0.379 e. The Bertz CT molecular complexity index is 237. The molecular weight excluding hydrogens is 210 g/mol. The summed E-state index contributed by atoms with van der Waals surface area (Å²) in [6, 6.07) is 0. The summed E-state index contributed by atoms with van der Waals surface area (Å²) in [7, 11) is 1.84. The van der Waals surface area contributed by atoms with Crippen LogP contribution in [0.1, 0.15) is 65.2 Å². The quantitative estimate of drug-likeness (QED) is 0.793. The summed E-state index contributed by atoms with van der Waals surface area (Å²) in [5.41, 5.74) is 0.488. The minimum absolute atomic E-state index is 0.0376. The van der Waals surface area contributed by atoms with Crippen LogP contribution in [0.2, 0.25) is 0 Å². The van der Waals surface area contributed by atoms with Gasteiger partial charge in [0.1, 0.15) is 0 Å². The van der Waals surface area contributed by atoms with Crippen molar-refractivity contribution in [2.75, 3.05) is 13.7 Å². The van der Waals surface area contributed by atoms with Crippen molar-refractivity contribution in [1.82, 2.24) is 5.32 Å². The molecule has 1 saturated carbocycles. The number of rotatable bonds is 5. The number of nitrogens with one attached hydrogen (secondary N) is 1. The number of ether oxygens (including phenoxy) is 1. The molecule has 1 saturated heterocycles. The van der Waals surface area contributed by atoms with E-state index in [4.69, 9.17) is 4.74 Å². The molecule has 1 N–H and O–H groups in total. The lowest BCUT2D eigenvalue weighted by molar-refractivity contribution is 0.00524. The van der Waals surface area contributed by atoms with Crippen LogP contribution in [-0.4, -0.2) is 24.8 Å². The molecule has 1 aliphatic heterocycles. The van der Waals surface area contributed by atoms with Gasteiger partial charge in [0.15, 0.2) is 0 Å². The zero-order valence-electron chi connectivity index (χ0n) is 11.8. The molecule has 2 rings (SSSR count). The Morgan fingerprint density at radius 2 is 2.00 bits per heavy atom. The third-order valence-electron chi connectivity index (χ3n) is 4.86. The van der Waals surface area contributed by atoms with Crippen molar-refractivity contribution in [2.45, 2.75) is 76.4 Å². The van der Waals surface area contributed by atoms with Gasteiger partial charge in [-0.3, -0.25) is 0 Å². The molecule has 1 unspecified atom stereocenters. The van der Waals surface area contributed by atoms with Crippen molar-refractivity contribution in [3.63, 3.8) is 0 Å². The molecule has 2 fully saturated rings. The molecule has 1 heterocycles. The highest BCUT2D eigenvalue weighted by molar-refractivity contribution is 5.02. The highest BCUT2D eigenvalue weighted by Gasteiger charge is 2.45. The van der Waals surface area contributed by atoms with Gasteiger partial charge in [0.2, 0.25) is 0 Å². The second-order valence-corrected chi connectivity index (χ2v) is 6.63. The lowest BCUT2D eigenvalue weighted by atomic mass is 9.81. The van der Waals surface area contributed by atoms with Gasteiger partial charge in [0.25, 0.3) is 0 Å². The van der Waals surface area contributed by atoms with Gasteiger partial charge in [-0.05, 0) is 64.8 Å². The van der Waals surface area contributed by atoms with E-state index in [1.807, 2.05) is 7.11 Å². The SMILES string of the molecule is COC(C)(C)CCC1(C2CC2)CCCCCN1. The molecule has 0 aromatic heterocycles. The van der Waals surface area contributed by atoms with E-state index in [-0.39, 0.29) is 5.60 Å². The lowest BCUT2D eigenvalue weighted by Crippen LogP contribution is -2.48. The van der Waals surface area contributed by atoms with Crippen LogP contribution in [0.5, 0.6) is 0 Å². The van der Waals surface area contributed by atoms with Crippen LogP contribution < -0.4 is 5.32 Å². The van der Waals surface area contributed by atoms with E-state index < -0.39 is 0 Å². The normalized spacial score (nSPS) is 31.2. The highest BCUT2D eigenvalue weighted by atomic mass is 16.5. The zero-order chi connectivity index (χ0) is 12.4. The van der Waals surface area contributed by atoms with Crippen molar-refractivity contribution in [3.8, 4) is 0 Å². The summed E-state index contributed by atoms with van der Waals surface area (Å²) in [4.78, 5) is 0. The van der Waals surface area contributed by atoms with Crippen LogP contribution in [0.25, 0.3) is 0 Å². The molecule has 1 atom stereocenters. The maximum Gasteiger partial charge on any atom is 0.0623 e. The van der Waals surface area contributed by atoms with Gasteiger partial charge < -0.3 is 10.1 Å². The Labute approximate surface area is 107 Å². The van der Waals surface area contributed by atoms with Crippen molar-refractivity contribution >= 4 is 0 Å². The smallest absolute Gasteiger partial charge is 0.0623 e. The predicted octanol–water partition coefficient (Wildman–Crippen LogP) is 3.50. The minimum Gasteiger partial charge on any atom is -0.379 e.